The molecule has 7 nitrogen and oxygen atoms in total. The Balaban J connectivity index is 1.60. The van der Waals surface area contributed by atoms with Crippen LogP contribution in [0.3, 0.4) is 0 Å². The number of hydrogen-bond acceptors (Lipinski definition) is 7. The van der Waals surface area contributed by atoms with E-state index in [0.29, 0.717) is 16.3 Å². The first-order chi connectivity index (χ1) is 17.2. The van der Waals surface area contributed by atoms with E-state index in [0.717, 1.165) is 12.1 Å². The van der Waals surface area contributed by atoms with Crippen molar-refractivity contribution in [2.24, 2.45) is 5.10 Å². The highest BCUT2D eigenvalue weighted by Gasteiger charge is 2.30. The number of nitrogens with zero attached hydrogens (tertiary/aromatic N) is 4. The Hall–Kier alpha value is -3.96. The van der Waals surface area contributed by atoms with Gasteiger partial charge in [0.1, 0.15) is 11.6 Å². The summed E-state index contributed by atoms with van der Waals surface area (Å²) in [6, 6.07) is 15.9. The van der Waals surface area contributed by atoms with Crippen molar-refractivity contribution in [3.8, 4) is 17.1 Å². The second-order valence-electron chi connectivity index (χ2n) is 7.02. The summed E-state index contributed by atoms with van der Waals surface area (Å²) in [7, 11) is 0. The van der Waals surface area contributed by atoms with Gasteiger partial charge in [-0.15, -0.1) is 13.2 Å². The number of ether oxygens (including phenoxy) is 1. The molecule has 36 heavy (non-hydrogen) atoms. The smallest absolute Gasteiger partial charge is 0.406 e. The van der Waals surface area contributed by atoms with Crippen molar-refractivity contribution in [2.45, 2.75) is 6.36 Å². The van der Waals surface area contributed by atoms with Crippen LogP contribution in [0.15, 0.2) is 71.8 Å². The monoisotopic (exact) mass is 536 g/mol. The van der Waals surface area contributed by atoms with Gasteiger partial charge in [0.15, 0.2) is 5.82 Å². The van der Waals surface area contributed by atoms with Crippen molar-refractivity contribution in [3.63, 3.8) is 0 Å². The Bertz CT molecular complexity index is 1360. The zero-order valence-corrected chi connectivity index (χ0v) is 19.4. The molecule has 0 amide bonds. The first-order valence-corrected chi connectivity index (χ1v) is 10.8. The van der Waals surface area contributed by atoms with Gasteiger partial charge in [-0.2, -0.15) is 20.1 Å². The van der Waals surface area contributed by atoms with Crippen LogP contribution in [0, 0.1) is 5.82 Å². The van der Waals surface area contributed by atoms with Crippen LogP contribution in [0.2, 0.25) is 10.0 Å². The Kier molecular flexibility index (Phi) is 7.51. The van der Waals surface area contributed by atoms with Gasteiger partial charge in [0.25, 0.3) is 0 Å². The molecule has 0 unspecified atom stereocenters. The lowest BCUT2D eigenvalue weighted by Gasteiger charge is -2.10. The maximum Gasteiger partial charge on any atom is 0.573 e. The minimum Gasteiger partial charge on any atom is -0.406 e. The fourth-order valence-electron chi connectivity index (χ4n) is 2.89. The molecular weight excluding hydrogens is 523 g/mol. The van der Waals surface area contributed by atoms with Gasteiger partial charge < -0.3 is 10.1 Å². The van der Waals surface area contributed by atoms with Crippen LogP contribution >= 0.6 is 23.2 Å². The number of hydrogen-bond donors (Lipinski definition) is 2. The summed E-state index contributed by atoms with van der Waals surface area (Å²) in [5.74, 6) is -1.05. The minimum absolute atomic E-state index is 0.0343. The van der Waals surface area contributed by atoms with Crippen molar-refractivity contribution in [1.82, 2.24) is 15.0 Å². The molecule has 4 rings (SSSR count). The number of hydrazone groups is 1. The van der Waals surface area contributed by atoms with Gasteiger partial charge in [-0.1, -0.05) is 29.3 Å². The number of benzene rings is 3. The van der Waals surface area contributed by atoms with Crippen molar-refractivity contribution in [2.75, 3.05) is 10.7 Å². The SMILES string of the molecule is Fc1cccc(Cl)c1-c1nc(N/N=C/c2ccc(OC(F)(F)F)cc2)nc(Nc2ccc(Cl)cc2)n1. The molecule has 0 aliphatic carbocycles. The Morgan fingerprint density at radius 2 is 1.56 bits per heavy atom. The highest BCUT2D eigenvalue weighted by atomic mass is 35.5. The molecule has 0 bridgehead atoms. The molecule has 0 radical (unpaired) electrons. The number of nitrogens with one attached hydrogen (secondary N) is 2. The highest BCUT2D eigenvalue weighted by molar-refractivity contribution is 6.33. The highest BCUT2D eigenvalue weighted by Crippen LogP contribution is 2.30. The van der Waals surface area contributed by atoms with Gasteiger partial charge in [-0.25, -0.2) is 9.82 Å². The van der Waals surface area contributed by atoms with Crippen LogP contribution in [-0.4, -0.2) is 27.5 Å². The predicted octanol–water partition coefficient (Wildman–Crippen LogP) is 7.07. The number of anilines is 3. The van der Waals surface area contributed by atoms with E-state index < -0.39 is 12.2 Å². The van der Waals surface area contributed by atoms with Crippen LogP contribution < -0.4 is 15.5 Å². The second kappa shape index (κ2) is 10.8. The maximum atomic E-state index is 14.5. The molecule has 3 aromatic carbocycles. The molecule has 0 fully saturated rings. The third-order valence-corrected chi connectivity index (χ3v) is 4.98. The van der Waals surface area contributed by atoms with Crippen molar-refractivity contribution in [1.29, 1.82) is 0 Å². The summed E-state index contributed by atoms with van der Waals surface area (Å²) in [5.41, 5.74) is 3.63. The second-order valence-corrected chi connectivity index (χ2v) is 7.87. The molecule has 0 spiro atoms. The van der Waals surface area contributed by atoms with Crippen molar-refractivity contribution < 1.29 is 22.3 Å². The quantitative estimate of drug-likeness (QED) is 0.149. The number of aromatic nitrogens is 3. The first-order valence-electron chi connectivity index (χ1n) is 10.0. The molecule has 1 heterocycles. The van der Waals surface area contributed by atoms with Gasteiger partial charge in [-0.3, -0.25) is 0 Å². The molecule has 13 heteroatoms. The average Bonchev–Trinajstić information content (AvgIpc) is 2.81. The third-order valence-electron chi connectivity index (χ3n) is 4.41. The fourth-order valence-corrected chi connectivity index (χ4v) is 3.26. The number of rotatable bonds is 7. The molecule has 0 atom stereocenters. The summed E-state index contributed by atoms with van der Waals surface area (Å²) in [4.78, 5) is 12.7. The third kappa shape index (κ3) is 6.80. The van der Waals surface area contributed by atoms with Gasteiger partial charge in [0.05, 0.1) is 16.8 Å². The average molecular weight is 537 g/mol. The van der Waals surface area contributed by atoms with Crippen LogP contribution in [-0.2, 0) is 0 Å². The molecule has 0 saturated heterocycles. The molecule has 4 aromatic rings. The lowest BCUT2D eigenvalue weighted by atomic mass is 10.2. The van der Waals surface area contributed by atoms with Gasteiger partial charge in [0, 0.05) is 10.7 Å². The van der Waals surface area contributed by atoms with Gasteiger partial charge >= 0.3 is 6.36 Å². The standard InChI is InChI=1S/C23H14Cl2F4N6O/c24-14-6-8-15(9-7-14)31-21-32-20(19-17(25)2-1-3-18(19)26)33-22(34-21)35-30-12-13-4-10-16(11-5-13)36-23(27,28)29/h1-12H,(H2,31,32,33,34,35)/b30-12+. The molecule has 0 saturated carbocycles. The molecule has 184 valence electrons. The van der Waals surface area contributed by atoms with E-state index in [4.69, 9.17) is 23.2 Å². The predicted molar refractivity (Wildman–Crippen MR) is 129 cm³/mol. The zero-order valence-electron chi connectivity index (χ0n) is 17.9. The van der Waals surface area contributed by atoms with E-state index >= 15 is 0 Å². The minimum atomic E-state index is -4.79. The number of halogens is 6. The molecular formula is C23H14Cl2F4N6O. The summed E-state index contributed by atoms with van der Waals surface area (Å²) >= 11 is 12.1. The Morgan fingerprint density at radius 3 is 2.22 bits per heavy atom. The van der Waals surface area contributed by atoms with Gasteiger partial charge in [0.2, 0.25) is 11.9 Å². The summed E-state index contributed by atoms with van der Waals surface area (Å²) in [5, 5.41) is 7.59. The van der Waals surface area contributed by atoms with E-state index in [2.05, 4.69) is 35.5 Å². The van der Waals surface area contributed by atoms with Gasteiger partial charge in [-0.05, 0) is 66.2 Å². The lowest BCUT2D eigenvalue weighted by Crippen LogP contribution is -2.17. The first kappa shape index (κ1) is 25.1. The number of alkyl halides is 3. The van der Waals surface area contributed by atoms with Crippen LogP contribution in [0.25, 0.3) is 11.4 Å². The molecule has 2 N–H and O–H groups in total. The van der Waals surface area contributed by atoms with Crippen molar-refractivity contribution in [3.05, 3.63) is 88.2 Å². The normalized spacial score (nSPS) is 11.5. The van der Waals surface area contributed by atoms with E-state index in [1.807, 2.05) is 0 Å². The maximum absolute atomic E-state index is 14.5. The molecule has 1 aromatic heterocycles. The zero-order chi connectivity index (χ0) is 25.7. The topological polar surface area (TPSA) is 84.3 Å². The fraction of sp³-hybridized carbons (Fsp3) is 0.0435. The van der Waals surface area contributed by atoms with Crippen LogP contribution in [0.4, 0.5) is 35.1 Å². The summed E-state index contributed by atoms with van der Waals surface area (Å²) in [6.45, 7) is 0. The summed E-state index contributed by atoms with van der Waals surface area (Å²) < 4.78 is 55.3. The van der Waals surface area contributed by atoms with E-state index in [1.54, 1.807) is 24.3 Å². The molecule has 0 aliphatic rings. The van der Waals surface area contributed by atoms with Crippen LogP contribution in [0.1, 0.15) is 5.56 Å². The molecule has 0 aliphatic heterocycles. The van der Waals surface area contributed by atoms with Crippen LogP contribution in [0.5, 0.6) is 5.75 Å². The largest absolute Gasteiger partial charge is 0.573 e. The van der Waals surface area contributed by atoms with Crippen molar-refractivity contribution >= 4 is 47.0 Å². The van der Waals surface area contributed by atoms with E-state index in [-0.39, 0.29) is 34.1 Å². The van der Waals surface area contributed by atoms with E-state index in [1.165, 1.54) is 36.5 Å². The Morgan fingerprint density at radius 1 is 0.861 bits per heavy atom. The lowest BCUT2D eigenvalue weighted by molar-refractivity contribution is -0.274. The Labute approximate surface area is 211 Å². The summed E-state index contributed by atoms with van der Waals surface area (Å²) in [6.07, 6.45) is -3.46. The van der Waals surface area contributed by atoms with E-state index in [9.17, 15) is 17.6 Å².